The van der Waals surface area contributed by atoms with E-state index >= 15 is 0 Å². The average Bonchev–Trinajstić information content (AvgIpc) is 2.57. The highest BCUT2D eigenvalue weighted by Gasteiger charge is 2.18. The minimum Gasteiger partial charge on any atom is -0.317 e. The van der Waals surface area contributed by atoms with Crippen molar-refractivity contribution < 1.29 is 0 Å². The zero-order chi connectivity index (χ0) is 11.4. The van der Waals surface area contributed by atoms with Crippen molar-refractivity contribution in [2.45, 2.75) is 45.4 Å². The van der Waals surface area contributed by atoms with Gasteiger partial charge in [-0.25, -0.2) is 9.97 Å². The van der Waals surface area contributed by atoms with Crippen molar-refractivity contribution in [2.24, 2.45) is 0 Å². The molecule has 1 atom stereocenters. The lowest BCUT2D eigenvalue weighted by Gasteiger charge is -2.16. The Labute approximate surface area is 97.7 Å². The number of nitrogens with zero attached hydrogens (tertiary/aromatic N) is 2. The Morgan fingerprint density at radius 3 is 3.06 bits per heavy atom. The monoisotopic (exact) mass is 219 g/mol. The minimum atomic E-state index is 0.631. The van der Waals surface area contributed by atoms with Crippen LogP contribution >= 0.6 is 0 Å². The number of hydrogen-bond donors (Lipinski definition) is 1. The second kappa shape index (κ2) is 5.39. The van der Waals surface area contributed by atoms with Crippen molar-refractivity contribution in [1.82, 2.24) is 15.3 Å². The largest absolute Gasteiger partial charge is 0.317 e. The molecule has 0 radical (unpaired) electrons. The molecule has 1 aliphatic heterocycles. The number of aromatic nitrogens is 2. The van der Waals surface area contributed by atoms with Crippen molar-refractivity contribution in [2.75, 3.05) is 13.1 Å². The average molecular weight is 219 g/mol. The van der Waals surface area contributed by atoms with Gasteiger partial charge in [0.1, 0.15) is 5.82 Å². The third-order valence-corrected chi connectivity index (χ3v) is 3.36. The normalized spacial score (nSPS) is 21.8. The van der Waals surface area contributed by atoms with Gasteiger partial charge in [-0.2, -0.15) is 0 Å². The Balaban J connectivity index is 2.25. The summed E-state index contributed by atoms with van der Waals surface area (Å²) in [6, 6.07) is 0. The van der Waals surface area contributed by atoms with Crippen LogP contribution in [0.1, 0.15) is 49.2 Å². The molecule has 1 saturated heterocycles. The van der Waals surface area contributed by atoms with E-state index in [2.05, 4.69) is 22.2 Å². The molecule has 0 spiro atoms. The third kappa shape index (κ3) is 2.59. The molecular formula is C13H21N3. The van der Waals surface area contributed by atoms with E-state index in [1.54, 1.807) is 0 Å². The SMILES string of the molecule is CCc1cnc(C)nc1C1CCCNCC1. The van der Waals surface area contributed by atoms with Crippen molar-refractivity contribution >= 4 is 0 Å². The standard InChI is InChI=1S/C13H21N3/c1-3-11-9-15-10(2)16-13(11)12-5-4-7-14-8-6-12/h9,12,14H,3-8H2,1-2H3. The van der Waals surface area contributed by atoms with Crippen LogP contribution in [-0.2, 0) is 6.42 Å². The van der Waals surface area contributed by atoms with Crippen molar-refractivity contribution in [1.29, 1.82) is 0 Å². The van der Waals surface area contributed by atoms with E-state index in [1.165, 1.54) is 30.5 Å². The number of rotatable bonds is 2. The summed E-state index contributed by atoms with van der Waals surface area (Å²) in [7, 11) is 0. The van der Waals surface area contributed by atoms with Crippen molar-refractivity contribution in [3.8, 4) is 0 Å². The van der Waals surface area contributed by atoms with Crippen LogP contribution in [-0.4, -0.2) is 23.1 Å². The molecule has 1 unspecified atom stereocenters. The second-order valence-corrected chi connectivity index (χ2v) is 4.56. The first-order chi connectivity index (χ1) is 7.81. The highest BCUT2D eigenvalue weighted by molar-refractivity contribution is 5.21. The van der Waals surface area contributed by atoms with Gasteiger partial charge in [-0.1, -0.05) is 6.92 Å². The van der Waals surface area contributed by atoms with E-state index in [1.807, 2.05) is 13.1 Å². The predicted molar refractivity (Wildman–Crippen MR) is 65.6 cm³/mol. The molecule has 2 rings (SSSR count). The maximum absolute atomic E-state index is 4.67. The highest BCUT2D eigenvalue weighted by Crippen LogP contribution is 2.27. The van der Waals surface area contributed by atoms with Crippen LogP contribution in [0.5, 0.6) is 0 Å². The highest BCUT2D eigenvalue weighted by atomic mass is 14.9. The van der Waals surface area contributed by atoms with Crippen LogP contribution in [0, 0.1) is 6.92 Å². The van der Waals surface area contributed by atoms with Crippen molar-refractivity contribution in [3.63, 3.8) is 0 Å². The van der Waals surface area contributed by atoms with Gasteiger partial charge in [0.15, 0.2) is 0 Å². The molecule has 0 aromatic carbocycles. The lowest BCUT2D eigenvalue weighted by Crippen LogP contribution is -2.14. The molecule has 88 valence electrons. The quantitative estimate of drug-likeness (QED) is 0.828. The second-order valence-electron chi connectivity index (χ2n) is 4.56. The van der Waals surface area contributed by atoms with Crippen molar-refractivity contribution in [3.05, 3.63) is 23.3 Å². The first-order valence-corrected chi connectivity index (χ1v) is 6.34. The lowest BCUT2D eigenvalue weighted by atomic mass is 9.93. The van der Waals surface area contributed by atoms with Gasteiger partial charge in [0.2, 0.25) is 0 Å². The Kier molecular flexibility index (Phi) is 3.88. The fourth-order valence-electron chi connectivity index (χ4n) is 2.43. The maximum atomic E-state index is 4.67. The van der Waals surface area contributed by atoms with Crippen LogP contribution in [0.2, 0.25) is 0 Å². The molecule has 16 heavy (non-hydrogen) atoms. The smallest absolute Gasteiger partial charge is 0.125 e. The molecule has 1 aromatic heterocycles. The van der Waals surface area contributed by atoms with E-state index < -0.39 is 0 Å². The summed E-state index contributed by atoms with van der Waals surface area (Å²) >= 11 is 0. The molecule has 0 aliphatic carbocycles. The number of nitrogens with one attached hydrogen (secondary N) is 1. The Hall–Kier alpha value is -0.960. The zero-order valence-corrected chi connectivity index (χ0v) is 10.3. The van der Waals surface area contributed by atoms with Gasteiger partial charge in [-0.05, 0) is 51.3 Å². The Morgan fingerprint density at radius 2 is 2.25 bits per heavy atom. The fraction of sp³-hybridized carbons (Fsp3) is 0.692. The molecule has 1 aliphatic rings. The number of aryl methyl sites for hydroxylation is 2. The molecule has 0 amide bonds. The Bertz CT molecular complexity index is 341. The molecule has 3 heteroatoms. The molecule has 2 heterocycles. The third-order valence-electron chi connectivity index (χ3n) is 3.36. The van der Waals surface area contributed by atoms with Crippen LogP contribution in [0.15, 0.2) is 6.20 Å². The van der Waals surface area contributed by atoms with E-state index in [-0.39, 0.29) is 0 Å². The summed E-state index contributed by atoms with van der Waals surface area (Å²) in [4.78, 5) is 8.97. The summed E-state index contributed by atoms with van der Waals surface area (Å²) in [6.45, 7) is 6.45. The molecule has 1 aromatic rings. The van der Waals surface area contributed by atoms with Gasteiger partial charge in [-0.3, -0.25) is 0 Å². The Morgan fingerprint density at radius 1 is 1.38 bits per heavy atom. The molecule has 3 nitrogen and oxygen atoms in total. The van der Waals surface area contributed by atoms with Gasteiger partial charge < -0.3 is 5.32 Å². The molecule has 0 saturated carbocycles. The van der Waals surface area contributed by atoms with Crippen LogP contribution in [0.3, 0.4) is 0 Å². The van der Waals surface area contributed by atoms with Gasteiger partial charge in [0.25, 0.3) is 0 Å². The van der Waals surface area contributed by atoms with Gasteiger partial charge in [0, 0.05) is 12.1 Å². The fourth-order valence-corrected chi connectivity index (χ4v) is 2.43. The summed E-state index contributed by atoms with van der Waals surface area (Å²) < 4.78 is 0. The summed E-state index contributed by atoms with van der Waals surface area (Å²) in [5.74, 6) is 1.54. The summed E-state index contributed by atoms with van der Waals surface area (Å²) in [5.41, 5.74) is 2.64. The van der Waals surface area contributed by atoms with E-state index in [4.69, 9.17) is 0 Å². The lowest BCUT2D eigenvalue weighted by molar-refractivity contribution is 0.583. The molecule has 1 fully saturated rings. The first-order valence-electron chi connectivity index (χ1n) is 6.34. The number of hydrogen-bond acceptors (Lipinski definition) is 3. The van der Waals surface area contributed by atoms with Gasteiger partial charge >= 0.3 is 0 Å². The van der Waals surface area contributed by atoms with Crippen LogP contribution in [0.4, 0.5) is 0 Å². The van der Waals surface area contributed by atoms with E-state index in [0.29, 0.717) is 5.92 Å². The first kappa shape index (κ1) is 11.5. The molecule has 1 N–H and O–H groups in total. The van der Waals surface area contributed by atoms with E-state index in [0.717, 1.165) is 25.3 Å². The van der Waals surface area contributed by atoms with Gasteiger partial charge in [0.05, 0.1) is 5.69 Å². The maximum Gasteiger partial charge on any atom is 0.125 e. The molecule has 0 bridgehead atoms. The van der Waals surface area contributed by atoms with Crippen LogP contribution in [0.25, 0.3) is 0 Å². The summed E-state index contributed by atoms with van der Waals surface area (Å²) in [5, 5.41) is 3.46. The van der Waals surface area contributed by atoms with E-state index in [9.17, 15) is 0 Å². The van der Waals surface area contributed by atoms with Crippen LogP contribution < -0.4 is 5.32 Å². The summed E-state index contributed by atoms with van der Waals surface area (Å²) in [6.07, 6.45) is 6.78. The minimum absolute atomic E-state index is 0.631. The zero-order valence-electron chi connectivity index (χ0n) is 10.3. The van der Waals surface area contributed by atoms with Gasteiger partial charge in [-0.15, -0.1) is 0 Å². The topological polar surface area (TPSA) is 37.8 Å². The predicted octanol–water partition coefficient (Wildman–Crippen LogP) is 2.20. The molecular weight excluding hydrogens is 198 g/mol.